The Hall–Kier alpha value is -1.64. The summed E-state index contributed by atoms with van der Waals surface area (Å²) in [6.07, 6.45) is 5.42. The first kappa shape index (κ1) is 9.90. The standard InChI is InChI=1S/C12H15N3/c1-12(2,3)10-5-4-9(8-15-10)11-13-6-7-14-11/h4-8H,1-3H3,(H,13,14). The van der Waals surface area contributed by atoms with Crippen molar-refractivity contribution in [2.75, 3.05) is 0 Å². The maximum Gasteiger partial charge on any atom is 0.138 e. The van der Waals surface area contributed by atoms with Crippen LogP contribution in [-0.4, -0.2) is 15.0 Å². The number of nitrogens with zero attached hydrogens (tertiary/aromatic N) is 2. The highest BCUT2D eigenvalue weighted by atomic mass is 14.9. The second kappa shape index (κ2) is 3.50. The van der Waals surface area contributed by atoms with Crippen LogP contribution in [0, 0.1) is 0 Å². The van der Waals surface area contributed by atoms with Gasteiger partial charge in [-0.15, -0.1) is 0 Å². The van der Waals surface area contributed by atoms with E-state index in [1.807, 2.05) is 18.5 Å². The Bertz CT molecular complexity index is 421. The molecule has 0 unspecified atom stereocenters. The Morgan fingerprint density at radius 1 is 1.13 bits per heavy atom. The third kappa shape index (κ3) is 2.06. The summed E-state index contributed by atoms with van der Waals surface area (Å²) in [5.41, 5.74) is 2.22. The predicted octanol–water partition coefficient (Wildman–Crippen LogP) is 2.77. The fourth-order valence-corrected chi connectivity index (χ4v) is 1.40. The van der Waals surface area contributed by atoms with E-state index < -0.39 is 0 Å². The Labute approximate surface area is 89.6 Å². The zero-order chi connectivity index (χ0) is 10.9. The number of hydrogen-bond acceptors (Lipinski definition) is 2. The molecule has 1 N–H and O–H groups in total. The quantitative estimate of drug-likeness (QED) is 0.770. The number of rotatable bonds is 1. The van der Waals surface area contributed by atoms with Gasteiger partial charge in [0, 0.05) is 35.3 Å². The Balaban J connectivity index is 2.33. The first-order valence-electron chi connectivity index (χ1n) is 5.03. The molecule has 2 heterocycles. The first-order valence-corrected chi connectivity index (χ1v) is 5.03. The van der Waals surface area contributed by atoms with E-state index >= 15 is 0 Å². The normalized spacial score (nSPS) is 11.7. The summed E-state index contributed by atoms with van der Waals surface area (Å²) in [4.78, 5) is 11.7. The van der Waals surface area contributed by atoms with Gasteiger partial charge in [0.2, 0.25) is 0 Å². The number of hydrogen-bond donors (Lipinski definition) is 1. The summed E-state index contributed by atoms with van der Waals surface area (Å²) in [5, 5.41) is 0. The largest absolute Gasteiger partial charge is 0.345 e. The fraction of sp³-hybridized carbons (Fsp3) is 0.333. The van der Waals surface area contributed by atoms with Gasteiger partial charge in [0.05, 0.1) is 0 Å². The smallest absolute Gasteiger partial charge is 0.138 e. The molecule has 3 nitrogen and oxygen atoms in total. The second-order valence-corrected chi connectivity index (χ2v) is 4.62. The molecule has 0 amide bonds. The van der Waals surface area contributed by atoms with Crippen LogP contribution in [0.2, 0.25) is 0 Å². The molecule has 0 saturated heterocycles. The van der Waals surface area contributed by atoms with Gasteiger partial charge in [-0.2, -0.15) is 0 Å². The molecule has 2 rings (SSSR count). The van der Waals surface area contributed by atoms with Crippen LogP contribution < -0.4 is 0 Å². The minimum Gasteiger partial charge on any atom is -0.345 e. The number of imidazole rings is 1. The first-order chi connectivity index (χ1) is 7.07. The summed E-state index contributed by atoms with van der Waals surface area (Å²) in [7, 11) is 0. The Morgan fingerprint density at radius 2 is 1.93 bits per heavy atom. The highest BCUT2D eigenvalue weighted by Crippen LogP contribution is 2.21. The molecular weight excluding hydrogens is 186 g/mol. The van der Waals surface area contributed by atoms with Crippen molar-refractivity contribution < 1.29 is 0 Å². The molecule has 0 saturated carbocycles. The molecular formula is C12H15N3. The molecule has 0 atom stereocenters. The SMILES string of the molecule is CC(C)(C)c1ccc(-c2ncc[nH]2)cn1. The van der Waals surface area contributed by atoms with Crippen LogP contribution in [-0.2, 0) is 5.41 Å². The maximum absolute atomic E-state index is 4.45. The van der Waals surface area contributed by atoms with Crippen molar-refractivity contribution in [1.29, 1.82) is 0 Å². The lowest BCUT2D eigenvalue weighted by molar-refractivity contribution is 0.569. The van der Waals surface area contributed by atoms with E-state index in [1.165, 1.54) is 0 Å². The number of H-pyrrole nitrogens is 1. The van der Waals surface area contributed by atoms with Crippen LogP contribution in [0.3, 0.4) is 0 Å². The topological polar surface area (TPSA) is 41.6 Å². The van der Waals surface area contributed by atoms with Crippen LogP contribution in [0.15, 0.2) is 30.7 Å². The summed E-state index contributed by atoms with van der Waals surface area (Å²) in [6, 6.07) is 4.10. The molecule has 0 aliphatic heterocycles. The van der Waals surface area contributed by atoms with Gasteiger partial charge < -0.3 is 4.98 Å². The van der Waals surface area contributed by atoms with E-state index in [4.69, 9.17) is 0 Å². The molecule has 0 spiro atoms. The van der Waals surface area contributed by atoms with E-state index in [0.717, 1.165) is 17.1 Å². The molecule has 2 aromatic heterocycles. The van der Waals surface area contributed by atoms with Gasteiger partial charge in [-0.25, -0.2) is 4.98 Å². The van der Waals surface area contributed by atoms with Crippen LogP contribution >= 0.6 is 0 Å². The van der Waals surface area contributed by atoms with Gasteiger partial charge in [0.15, 0.2) is 0 Å². The molecule has 0 radical (unpaired) electrons. The van der Waals surface area contributed by atoms with Crippen LogP contribution in [0.5, 0.6) is 0 Å². The van der Waals surface area contributed by atoms with Crippen molar-refractivity contribution in [2.45, 2.75) is 26.2 Å². The van der Waals surface area contributed by atoms with Crippen molar-refractivity contribution in [3.8, 4) is 11.4 Å². The van der Waals surface area contributed by atoms with Crippen molar-refractivity contribution in [2.24, 2.45) is 0 Å². The summed E-state index contributed by atoms with van der Waals surface area (Å²) < 4.78 is 0. The minimum absolute atomic E-state index is 0.0989. The zero-order valence-corrected chi connectivity index (χ0v) is 9.28. The van der Waals surface area contributed by atoms with Crippen molar-refractivity contribution in [1.82, 2.24) is 15.0 Å². The third-order valence-electron chi connectivity index (χ3n) is 2.30. The number of aromatic amines is 1. The molecule has 0 fully saturated rings. The molecule has 0 aromatic carbocycles. The molecule has 0 aliphatic carbocycles. The summed E-state index contributed by atoms with van der Waals surface area (Å²) >= 11 is 0. The Kier molecular flexibility index (Phi) is 2.31. The van der Waals surface area contributed by atoms with Crippen LogP contribution in [0.4, 0.5) is 0 Å². The van der Waals surface area contributed by atoms with E-state index in [-0.39, 0.29) is 5.41 Å². The number of aromatic nitrogens is 3. The van der Waals surface area contributed by atoms with Crippen LogP contribution in [0.1, 0.15) is 26.5 Å². The zero-order valence-electron chi connectivity index (χ0n) is 9.28. The molecule has 15 heavy (non-hydrogen) atoms. The third-order valence-corrected chi connectivity index (χ3v) is 2.30. The maximum atomic E-state index is 4.45. The lowest BCUT2D eigenvalue weighted by Crippen LogP contribution is -2.12. The molecule has 3 heteroatoms. The van der Waals surface area contributed by atoms with Crippen molar-refractivity contribution >= 4 is 0 Å². The lowest BCUT2D eigenvalue weighted by Gasteiger charge is -2.17. The van der Waals surface area contributed by atoms with Gasteiger partial charge in [0.25, 0.3) is 0 Å². The molecule has 2 aromatic rings. The van der Waals surface area contributed by atoms with E-state index in [9.17, 15) is 0 Å². The highest BCUT2D eigenvalue weighted by molar-refractivity contribution is 5.53. The number of nitrogens with one attached hydrogen (secondary N) is 1. The average molecular weight is 201 g/mol. The Morgan fingerprint density at radius 3 is 2.40 bits per heavy atom. The molecule has 0 aliphatic rings. The second-order valence-electron chi connectivity index (χ2n) is 4.62. The molecule has 0 bridgehead atoms. The van der Waals surface area contributed by atoms with E-state index in [0.29, 0.717) is 0 Å². The average Bonchev–Trinajstić information content (AvgIpc) is 2.69. The monoisotopic (exact) mass is 201 g/mol. The summed E-state index contributed by atoms with van der Waals surface area (Å²) in [5.74, 6) is 0.864. The lowest BCUT2D eigenvalue weighted by atomic mass is 9.91. The van der Waals surface area contributed by atoms with Crippen molar-refractivity contribution in [3.63, 3.8) is 0 Å². The van der Waals surface area contributed by atoms with Crippen LogP contribution in [0.25, 0.3) is 11.4 Å². The van der Waals surface area contributed by atoms with Gasteiger partial charge >= 0.3 is 0 Å². The number of pyridine rings is 1. The van der Waals surface area contributed by atoms with Gasteiger partial charge in [-0.05, 0) is 12.1 Å². The van der Waals surface area contributed by atoms with E-state index in [1.54, 1.807) is 6.20 Å². The van der Waals surface area contributed by atoms with Gasteiger partial charge in [-0.3, -0.25) is 4.98 Å². The summed E-state index contributed by atoms with van der Waals surface area (Å²) in [6.45, 7) is 6.46. The van der Waals surface area contributed by atoms with E-state index in [2.05, 4.69) is 41.8 Å². The van der Waals surface area contributed by atoms with Crippen molar-refractivity contribution in [3.05, 3.63) is 36.4 Å². The molecule has 78 valence electrons. The highest BCUT2D eigenvalue weighted by Gasteiger charge is 2.14. The predicted molar refractivity (Wildman–Crippen MR) is 60.5 cm³/mol. The van der Waals surface area contributed by atoms with Gasteiger partial charge in [0.1, 0.15) is 5.82 Å². The van der Waals surface area contributed by atoms with Gasteiger partial charge in [-0.1, -0.05) is 20.8 Å². The fourth-order valence-electron chi connectivity index (χ4n) is 1.40. The minimum atomic E-state index is 0.0989.